The van der Waals surface area contributed by atoms with Crippen LogP contribution in [0.3, 0.4) is 0 Å². The highest BCUT2D eigenvalue weighted by Gasteiger charge is 2.06. The van der Waals surface area contributed by atoms with Crippen LogP contribution in [-0.2, 0) is 13.2 Å². The molecular weight excluding hydrogens is 293 g/mol. The number of ether oxygens (including phenoxy) is 1. The summed E-state index contributed by atoms with van der Waals surface area (Å²) in [6.45, 7) is 4.33. The van der Waals surface area contributed by atoms with Crippen molar-refractivity contribution in [3.63, 3.8) is 0 Å². The third-order valence-corrected chi connectivity index (χ3v) is 3.51. The molecule has 0 aliphatic rings. The lowest BCUT2D eigenvalue weighted by molar-refractivity contribution is 0.305. The van der Waals surface area contributed by atoms with Crippen LogP contribution in [0, 0.1) is 0 Å². The fourth-order valence-corrected chi connectivity index (χ4v) is 2.21. The second-order valence-electron chi connectivity index (χ2n) is 4.41. The van der Waals surface area contributed by atoms with Crippen LogP contribution in [-0.4, -0.2) is 6.54 Å². The fourth-order valence-electron chi connectivity index (χ4n) is 1.87. The zero-order valence-corrected chi connectivity index (χ0v) is 12.8. The van der Waals surface area contributed by atoms with E-state index in [9.17, 15) is 0 Å². The minimum atomic E-state index is 0.474. The molecule has 1 N–H and O–H groups in total. The molecule has 0 aliphatic heterocycles. The molecule has 2 aromatic carbocycles. The summed E-state index contributed by atoms with van der Waals surface area (Å²) < 4.78 is 5.78. The lowest BCUT2D eigenvalue weighted by Gasteiger charge is -2.12. The Kier molecular flexibility index (Phi) is 5.72. The Morgan fingerprint density at radius 3 is 2.55 bits per heavy atom. The van der Waals surface area contributed by atoms with Crippen molar-refractivity contribution in [2.75, 3.05) is 6.54 Å². The van der Waals surface area contributed by atoms with Crippen LogP contribution in [0.2, 0.25) is 10.0 Å². The van der Waals surface area contributed by atoms with E-state index >= 15 is 0 Å². The Labute approximate surface area is 129 Å². The highest BCUT2D eigenvalue weighted by Crippen LogP contribution is 2.28. The van der Waals surface area contributed by atoms with Crippen LogP contribution in [0.25, 0.3) is 0 Å². The lowest BCUT2D eigenvalue weighted by Crippen LogP contribution is -2.14. The Bertz CT molecular complexity index is 572. The maximum Gasteiger partial charge on any atom is 0.139 e. The molecule has 2 nitrogen and oxygen atoms in total. The Morgan fingerprint density at radius 1 is 1.05 bits per heavy atom. The quantitative estimate of drug-likeness (QED) is 0.836. The van der Waals surface area contributed by atoms with Gasteiger partial charge in [-0.05, 0) is 29.8 Å². The van der Waals surface area contributed by atoms with E-state index in [0.29, 0.717) is 22.4 Å². The normalized spacial score (nSPS) is 10.6. The molecule has 0 spiro atoms. The number of benzene rings is 2. The number of halogens is 2. The van der Waals surface area contributed by atoms with Crippen LogP contribution in [0.15, 0.2) is 42.5 Å². The van der Waals surface area contributed by atoms with E-state index in [1.54, 1.807) is 18.2 Å². The largest absolute Gasteiger partial charge is 0.487 e. The number of rotatable bonds is 6. The zero-order chi connectivity index (χ0) is 14.4. The second-order valence-corrected chi connectivity index (χ2v) is 5.26. The van der Waals surface area contributed by atoms with E-state index in [1.807, 2.05) is 12.1 Å². The molecule has 106 valence electrons. The van der Waals surface area contributed by atoms with E-state index in [2.05, 4.69) is 24.4 Å². The van der Waals surface area contributed by atoms with Crippen molar-refractivity contribution in [2.45, 2.75) is 20.1 Å². The van der Waals surface area contributed by atoms with E-state index in [4.69, 9.17) is 27.9 Å². The van der Waals surface area contributed by atoms with E-state index in [1.165, 1.54) is 5.56 Å². The molecule has 0 fully saturated rings. The van der Waals surface area contributed by atoms with Crippen LogP contribution >= 0.6 is 23.2 Å². The lowest BCUT2D eigenvalue weighted by atomic mass is 10.1. The van der Waals surface area contributed by atoms with E-state index in [0.717, 1.165) is 18.7 Å². The van der Waals surface area contributed by atoms with Crippen LogP contribution in [0.4, 0.5) is 0 Å². The molecule has 4 heteroatoms. The van der Waals surface area contributed by atoms with Crippen LogP contribution in [0.1, 0.15) is 18.1 Å². The smallest absolute Gasteiger partial charge is 0.139 e. The third kappa shape index (κ3) is 4.14. The molecule has 0 bridgehead atoms. The summed E-state index contributed by atoms with van der Waals surface area (Å²) in [4.78, 5) is 0. The van der Waals surface area contributed by atoms with Crippen molar-refractivity contribution in [3.8, 4) is 5.75 Å². The minimum Gasteiger partial charge on any atom is -0.487 e. The van der Waals surface area contributed by atoms with Gasteiger partial charge in [0.25, 0.3) is 0 Å². The summed E-state index contributed by atoms with van der Waals surface area (Å²) in [6, 6.07) is 13.4. The summed E-state index contributed by atoms with van der Waals surface area (Å²) in [6.07, 6.45) is 0. The van der Waals surface area contributed by atoms with Gasteiger partial charge in [0.2, 0.25) is 0 Å². The second kappa shape index (κ2) is 7.53. The molecule has 0 radical (unpaired) electrons. The summed E-state index contributed by atoms with van der Waals surface area (Å²) >= 11 is 12.0. The molecule has 0 heterocycles. The van der Waals surface area contributed by atoms with Crippen molar-refractivity contribution in [2.24, 2.45) is 0 Å². The first-order valence-electron chi connectivity index (χ1n) is 6.56. The van der Waals surface area contributed by atoms with Crippen molar-refractivity contribution < 1.29 is 4.74 Å². The maximum atomic E-state index is 6.09. The standard InChI is InChI=1S/C16H17Cl2NO/c1-2-19-10-12-5-3-4-6-13(12)11-20-16-9-14(17)7-8-15(16)18/h3-9,19H,2,10-11H2,1H3. The first-order valence-corrected chi connectivity index (χ1v) is 7.31. The molecular formula is C16H17Cl2NO. The van der Waals surface area contributed by atoms with Gasteiger partial charge in [0.05, 0.1) is 5.02 Å². The molecule has 0 amide bonds. The zero-order valence-electron chi connectivity index (χ0n) is 11.3. The monoisotopic (exact) mass is 309 g/mol. The van der Waals surface area contributed by atoms with Crippen LogP contribution < -0.4 is 10.1 Å². The number of nitrogens with one attached hydrogen (secondary N) is 1. The van der Waals surface area contributed by atoms with Gasteiger partial charge < -0.3 is 10.1 Å². The maximum absolute atomic E-state index is 6.09. The molecule has 0 unspecified atom stereocenters. The Morgan fingerprint density at radius 2 is 1.80 bits per heavy atom. The molecule has 2 rings (SSSR count). The number of hydrogen-bond donors (Lipinski definition) is 1. The SMILES string of the molecule is CCNCc1ccccc1COc1cc(Cl)ccc1Cl. The van der Waals surface area contributed by atoms with Crippen molar-refractivity contribution in [1.29, 1.82) is 0 Å². The van der Waals surface area contributed by atoms with Gasteiger partial charge in [0, 0.05) is 17.6 Å². The average molecular weight is 310 g/mol. The summed E-state index contributed by atoms with van der Waals surface area (Å²) in [7, 11) is 0. The molecule has 0 aromatic heterocycles. The summed E-state index contributed by atoms with van der Waals surface area (Å²) in [5, 5.41) is 4.51. The topological polar surface area (TPSA) is 21.3 Å². The van der Waals surface area contributed by atoms with Crippen molar-refractivity contribution >= 4 is 23.2 Å². The third-order valence-electron chi connectivity index (χ3n) is 2.96. The van der Waals surface area contributed by atoms with Crippen LogP contribution in [0.5, 0.6) is 5.75 Å². The molecule has 0 saturated heterocycles. The van der Waals surface area contributed by atoms with Gasteiger partial charge in [-0.1, -0.05) is 54.4 Å². The predicted octanol–water partition coefficient (Wildman–Crippen LogP) is 4.68. The molecule has 20 heavy (non-hydrogen) atoms. The van der Waals surface area contributed by atoms with Gasteiger partial charge in [-0.2, -0.15) is 0 Å². The fraction of sp³-hybridized carbons (Fsp3) is 0.250. The molecule has 0 saturated carbocycles. The van der Waals surface area contributed by atoms with Gasteiger partial charge in [-0.15, -0.1) is 0 Å². The molecule has 0 aliphatic carbocycles. The van der Waals surface area contributed by atoms with Gasteiger partial charge >= 0.3 is 0 Å². The first-order chi connectivity index (χ1) is 9.70. The average Bonchev–Trinajstić information content (AvgIpc) is 2.47. The highest BCUT2D eigenvalue weighted by molar-refractivity contribution is 6.34. The van der Waals surface area contributed by atoms with E-state index in [-0.39, 0.29) is 0 Å². The van der Waals surface area contributed by atoms with E-state index < -0.39 is 0 Å². The molecule has 0 atom stereocenters. The van der Waals surface area contributed by atoms with Gasteiger partial charge in [0.1, 0.15) is 12.4 Å². The van der Waals surface area contributed by atoms with Gasteiger partial charge in [-0.25, -0.2) is 0 Å². The first kappa shape index (κ1) is 15.2. The molecule has 2 aromatic rings. The van der Waals surface area contributed by atoms with Gasteiger partial charge in [-0.3, -0.25) is 0 Å². The van der Waals surface area contributed by atoms with Crippen molar-refractivity contribution in [3.05, 3.63) is 63.6 Å². The minimum absolute atomic E-state index is 0.474. The summed E-state index contributed by atoms with van der Waals surface area (Å²) in [5.74, 6) is 0.609. The highest BCUT2D eigenvalue weighted by atomic mass is 35.5. The Hall–Kier alpha value is -1.22. The van der Waals surface area contributed by atoms with Crippen molar-refractivity contribution in [1.82, 2.24) is 5.32 Å². The predicted molar refractivity (Wildman–Crippen MR) is 84.6 cm³/mol. The summed E-state index contributed by atoms with van der Waals surface area (Å²) in [5.41, 5.74) is 2.37. The number of hydrogen-bond acceptors (Lipinski definition) is 2. The Balaban J connectivity index is 2.08. The van der Waals surface area contributed by atoms with Gasteiger partial charge in [0.15, 0.2) is 0 Å².